The molecular weight excluding hydrogens is 361 g/mol. The summed E-state index contributed by atoms with van der Waals surface area (Å²) in [5, 5.41) is 12.5. The van der Waals surface area contributed by atoms with Gasteiger partial charge < -0.3 is 5.32 Å². The van der Waals surface area contributed by atoms with E-state index in [4.69, 9.17) is 0 Å². The predicted molar refractivity (Wildman–Crippen MR) is 99.8 cm³/mol. The minimum atomic E-state index is -0.321. The van der Waals surface area contributed by atoms with Gasteiger partial charge >= 0.3 is 0 Å². The lowest BCUT2D eigenvalue weighted by Gasteiger charge is -2.09. The van der Waals surface area contributed by atoms with Crippen LogP contribution in [0.5, 0.6) is 0 Å². The Morgan fingerprint density at radius 2 is 1.96 bits per heavy atom. The van der Waals surface area contributed by atoms with Gasteiger partial charge in [-0.15, -0.1) is 0 Å². The molecule has 5 rings (SSSR count). The lowest BCUT2D eigenvalue weighted by molar-refractivity contribution is -0.117. The Bertz CT molecular complexity index is 1190. The molecule has 9 heteroatoms. The average Bonchev–Trinajstić information content (AvgIpc) is 3.36. The van der Waals surface area contributed by atoms with Gasteiger partial charge in [0.25, 0.3) is 0 Å². The van der Waals surface area contributed by atoms with E-state index in [-0.39, 0.29) is 17.6 Å². The molecule has 28 heavy (non-hydrogen) atoms. The first-order chi connectivity index (χ1) is 13.6. The number of amides is 1. The van der Waals surface area contributed by atoms with Gasteiger partial charge in [0, 0.05) is 12.0 Å². The number of halogens is 1. The fourth-order valence-electron chi connectivity index (χ4n) is 3.10. The number of fused-ring (bicyclic) bond motifs is 1. The van der Waals surface area contributed by atoms with Gasteiger partial charge in [-0.2, -0.15) is 14.9 Å². The second kappa shape index (κ2) is 6.22. The molecule has 140 valence electrons. The number of nitrogens with one attached hydrogen (secondary N) is 1. The molecule has 3 aromatic heterocycles. The lowest BCUT2D eigenvalue weighted by Crippen LogP contribution is -2.17. The molecule has 0 saturated heterocycles. The molecule has 1 aliphatic carbocycles. The van der Waals surface area contributed by atoms with E-state index in [1.165, 1.54) is 18.5 Å². The van der Waals surface area contributed by atoms with Gasteiger partial charge in [0.1, 0.15) is 18.0 Å². The van der Waals surface area contributed by atoms with Crippen LogP contribution in [0.25, 0.3) is 22.5 Å². The number of aromatic nitrogens is 6. The second-order valence-corrected chi connectivity index (χ2v) is 6.81. The Balaban J connectivity index is 1.61. The van der Waals surface area contributed by atoms with Crippen molar-refractivity contribution in [1.29, 1.82) is 0 Å². The smallest absolute Gasteiger partial charge is 0.228 e. The van der Waals surface area contributed by atoms with Crippen LogP contribution in [0, 0.1) is 18.7 Å². The summed E-state index contributed by atoms with van der Waals surface area (Å²) in [6.45, 7) is 1.85. The molecule has 0 bridgehead atoms. The Labute approximate surface area is 159 Å². The van der Waals surface area contributed by atoms with Gasteiger partial charge in [-0.1, -0.05) is 0 Å². The third-order valence-corrected chi connectivity index (χ3v) is 4.65. The van der Waals surface area contributed by atoms with Crippen molar-refractivity contribution >= 4 is 22.8 Å². The van der Waals surface area contributed by atoms with Crippen LogP contribution in [0.1, 0.15) is 18.5 Å². The summed E-state index contributed by atoms with van der Waals surface area (Å²) in [5.74, 6) is 0.823. The summed E-state index contributed by atoms with van der Waals surface area (Å²) in [5.41, 5.74) is 1.99. The number of hydrogen-bond donors (Lipinski definition) is 1. The number of aryl methyl sites for hydroxylation is 1. The van der Waals surface area contributed by atoms with Crippen LogP contribution < -0.4 is 5.32 Å². The topological polar surface area (TPSA) is 90.5 Å². The normalized spacial score (nSPS) is 13.8. The fourth-order valence-corrected chi connectivity index (χ4v) is 3.10. The summed E-state index contributed by atoms with van der Waals surface area (Å²) in [6, 6.07) is 7.80. The molecule has 1 N–H and O–H groups in total. The summed E-state index contributed by atoms with van der Waals surface area (Å²) in [6.07, 6.45) is 4.89. The average molecular weight is 377 g/mol. The highest BCUT2D eigenvalue weighted by atomic mass is 19.1. The summed E-state index contributed by atoms with van der Waals surface area (Å²) in [4.78, 5) is 20.9. The Morgan fingerprint density at radius 3 is 2.71 bits per heavy atom. The molecule has 1 amide bonds. The van der Waals surface area contributed by atoms with Crippen molar-refractivity contribution in [3.8, 4) is 11.5 Å². The molecule has 1 fully saturated rings. The van der Waals surface area contributed by atoms with E-state index in [0.717, 1.165) is 18.5 Å². The molecule has 0 atom stereocenters. The van der Waals surface area contributed by atoms with E-state index in [9.17, 15) is 9.18 Å². The highest BCUT2D eigenvalue weighted by molar-refractivity contribution is 5.94. The van der Waals surface area contributed by atoms with Crippen molar-refractivity contribution in [2.45, 2.75) is 19.8 Å². The maximum atomic E-state index is 13.2. The number of carbonyl (C=O) groups is 1. The van der Waals surface area contributed by atoms with Crippen LogP contribution >= 0.6 is 0 Å². The van der Waals surface area contributed by atoms with Gasteiger partial charge in [-0.25, -0.2) is 19.0 Å². The quantitative estimate of drug-likeness (QED) is 0.591. The number of anilines is 1. The van der Waals surface area contributed by atoms with Crippen molar-refractivity contribution in [3.05, 3.63) is 54.4 Å². The summed E-state index contributed by atoms with van der Waals surface area (Å²) >= 11 is 0. The molecule has 0 spiro atoms. The van der Waals surface area contributed by atoms with E-state index >= 15 is 0 Å². The molecule has 4 aromatic rings. The van der Waals surface area contributed by atoms with E-state index in [2.05, 4.69) is 25.5 Å². The standard InChI is InChI=1S/C19H16FN7O/c1-11-8-16(24-19(28)12-2-3-12)27(25-11)18-15-9-23-26(17(15)21-10-22-18)14-6-4-13(20)5-7-14/h4-10,12H,2-3H2,1H3,(H,24,28). The maximum Gasteiger partial charge on any atom is 0.228 e. The minimum absolute atomic E-state index is 0.00606. The molecular formula is C19H16FN7O. The molecule has 3 heterocycles. The van der Waals surface area contributed by atoms with Gasteiger partial charge in [0.05, 0.1) is 23.0 Å². The monoisotopic (exact) mass is 377 g/mol. The molecule has 0 unspecified atom stereocenters. The number of nitrogens with zero attached hydrogens (tertiary/aromatic N) is 6. The zero-order valence-electron chi connectivity index (χ0n) is 15.0. The molecule has 1 aromatic carbocycles. The van der Waals surface area contributed by atoms with Crippen LogP contribution in [-0.2, 0) is 4.79 Å². The van der Waals surface area contributed by atoms with Gasteiger partial charge in [-0.3, -0.25) is 4.79 Å². The Morgan fingerprint density at radius 1 is 1.18 bits per heavy atom. The van der Waals surface area contributed by atoms with Crippen LogP contribution in [0.3, 0.4) is 0 Å². The minimum Gasteiger partial charge on any atom is -0.310 e. The molecule has 0 radical (unpaired) electrons. The predicted octanol–water partition coefficient (Wildman–Crippen LogP) is 2.80. The van der Waals surface area contributed by atoms with Crippen LogP contribution in [-0.4, -0.2) is 35.4 Å². The van der Waals surface area contributed by atoms with Crippen molar-refractivity contribution in [2.75, 3.05) is 5.32 Å². The van der Waals surface area contributed by atoms with Gasteiger partial charge in [-0.05, 0) is 44.0 Å². The fraction of sp³-hybridized carbons (Fsp3) is 0.211. The first-order valence-corrected chi connectivity index (χ1v) is 8.93. The molecule has 1 saturated carbocycles. The van der Waals surface area contributed by atoms with Crippen molar-refractivity contribution in [3.63, 3.8) is 0 Å². The number of carbonyl (C=O) groups excluding carboxylic acids is 1. The highest BCUT2D eigenvalue weighted by Crippen LogP contribution is 2.31. The molecule has 1 aliphatic rings. The number of rotatable bonds is 4. The Kier molecular flexibility index (Phi) is 3.68. The SMILES string of the molecule is Cc1cc(NC(=O)C2CC2)n(-c2ncnc3c2cnn3-c2ccc(F)cc2)n1. The van der Waals surface area contributed by atoms with E-state index in [1.54, 1.807) is 33.8 Å². The van der Waals surface area contributed by atoms with Crippen LogP contribution in [0.15, 0.2) is 42.9 Å². The van der Waals surface area contributed by atoms with Crippen molar-refractivity contribution in [2.24, 2.45) is 5.92 Å². The van der Waals surface area contributed by atoms with Crippen molar-refractivity contribution < 1.29 is 9.18 Å². The second-order valence-electron chi connectivity index (χ2n) is 6.81. The number of hydrogen-bond acceptors (Lipinski definition) is 5. The lowest BCUT2D eigenvalue weighted by atomic mass is 10.3. The Hall–Kier alpha value is -3.62. The largest absolute Gasteiger partial charge is 0.310 e. The van der Waals surface area contributed by atoms with Gasteiger partial charge in [0.2, 0.25) is 5.91 Å². The van der Waals surface area contributed by atoms with Crippen LogP contribution in [0.2, 0.25) is 0 Å². The van der Waals surface area contributed by atoms with Gasteiger partial charge in [0.15, 0.2) is 11.5 Å². The summed E-state index contributed by atoms with van der Waals surface area (Å²) in [7, 11) is 0. The van der Waals surface area contributed by atoms with E-state index in [1.807, 2.05) is 6.92 Å². The zero-order valence-corrected chi connectivity index (χ0v) is 15.0. The number of benzene rings is 1. The maximum absolute atomic E-state index is 13.2. The third kappa shape index (κ3) is 2.81. The third-order valence-electron chi connectivity index (χ3n) is 4.65. The van der Waals surface area contributed by atoms with Crippen molar-refractivity contribution in [1.82, 2.24) is 29.5 Å². The van der Waals surface area contributed by atoms with Crippen LogP contribution in [0.4, 0.5) is 10.2 Å². The zero-order chi connectivity index (χ0) is 19.3. The molecule has 8 nitrogen and oxygen atoms in total. The first kappa shape index (κ1) is 16.5. The van der Waals surface area contributed by atoms with E-state index < -0.39 is 0 Å². The molecule has 0 aliphatic heterocycles. The first-order valence-electron chi connectivity index (χ1n) is 8.93. The highest BCUT2D eigenvalue weighted by Gasteiger charge is 2.30. The summed E-state index contributed by atoms with van der Waals surface area (Å²) < 4.78 is 16.4. The van der Waals surface area contributed by atoms with E-state index in [0.29, 0.717) is 28.4 Å².